The molecule has 0 aromatic rings. The van der Waals surface area contributed by atoms with Crippen molar-refractivity contribution in [1.82, 2.24) is 0 Å². The Bertz CT molecular complexity index is 147. The van der Waals surface area contributed by atoms with Crippen molar-refractivity contribution in [2.75, 3.05) is 6.61 Å². The van der Waals surface area contributed by atoms with Crippen molar-refractivity contribution >= 4 is 5.97 Å². The fourth-order valence-corrected chi connectivity index (χ4v) is 0.358. The molecule has 10 heavy (non-hydrogen) atoms. The smallest absolute Gasteiger partial charge is 0.333 e. The summed E-state index contributed by atoms with van der Waals surface area (Å²) >= 11 is 0. The highest BCUT2D eigenvalue weighted by atomic mass is 16.5. The predicted molar refractivity (Wildman–Crippen MR) is 40.6 cm³/mol. The minimum atomic E-state index is -0.332. The maximum absolute atomic E-state index is 10.7. The highest BCUT2D eigenvalue weighted by Crippen LogP contribution is 1.92. The first kappa shape index (κ1) is 8.95. The lowest BCUT2D eigenvalue weighted by Gasteiger charge is -2.00. The summed E-state index contributed by atoms with van der Waals surface area (Å²) in [4.78, 5) is 10.7. The molecule has 0 saturated heterocycles. The highest BCUT2D eigenvalue weighted by Gasteiger charge is 1.99. The molecular formula is C8H12O2. The molecule has 0 aromatic heterocycles. The van der Waals surface area contributed by atoms with Gasteiger partial charge in [-0.15, -0.1) is 6.58 Å². The Labute approximate surface area is 61.2 Å². The van der Waals surface area contributed by atoms with Gasteiger partial charge >= 0.3 is 5.97 Å². The van der Waals surface area contributed by atoms with Crippen LogP contribution >= 0.6 is 0 Å². The summed E-state index contributed by atoms with van der Waals surface area (Å²) in [7, 11) is 0. The molecule has 0 spiro atoms. The van der Waals surface area contributed by atoms with Gasteiger partial charge in [-0.05, 0) is 13.3 Å². The van der Waals surface area contributed by atoms with Crippen LogP contribution in [0.15, 0.2) is 24.8 Å². The Hall–Kier alpha value is -1.05. The van der Waals surface area contributed by atoms with E-state index in [0.29, 0.717) is 18.6 Å². The van der Waals surface area contributed by atoms with Crippen LogP contribution < -0.4 is 0 Å². The molecule has 0 aromatic carbocycles. The van der Waals surface area contributed by atoms with Gasteiger partial charge in [0, 0.05) is 5.57 Å². The van der Waals surface area contributed by atoms with Crippen LogP contribution in [0.3, 0.4) is 0 Å². The molecule has 0 aliphatic heterocycles. The fourth-order valence-electron chi connectivity index (χ4n) is 0.358. The average Bonchev–Trinajstić information content (AvgIpc) is 1.88. The summed E-state index contributed by atoms with van der Waals surface area (Å²) < 4.78 is 4.73. The second-order valence-electron chi connectivity index (χ2n) is 1.99. The lowest BCUT2D eigenvalue weighted by atomic mass is 10.4. The zero-order chi connectivity index (χ0) is 7.98. The van der Waals surface area contributed by atoms with Crippen LogP contribution in [0.1, 0.15) is 13.3 Å². The first-order valence-corrected chi connectivity index (χ1v) is 3.12. The zero-order valence-electron chi connectivity index (χ0n) is 6.22. The average molecular weight is 140 g/mol. The van der Waals surface area contributed by atoms with E-state index in [0.717, 1.165) is 0 Å². The Morgan fingerprint density at radius 1 is 1.70 bits per heavy atom. The molecular weight excluding hydrogens is 128 g/mol. The molecule has 0 radical (unpaired) electrons. The van der Waals surface area contributed by atoms with Crippen LogP contribution in [0.25, 0.3) is 0 Å². The first-order valence-electron chi connectivity index (χ1n) is 3.12. The third kappa shape index (κ3) is 3.89. The van der Waals surface area contributed by atoms with Crippen molar-refractivity contribution in [3.05, 3.63) is 24.8 Å². The molecule has 0 amide bonds. The van der Waals surface area contributed by atoms with E-state index in [1.54, 1.807) is 13.0 Å². The van der Waals surface area contributed by atoms with E-state index in [1.807, 2.05) is 0 Å². The van der Waals surface area contributed by atoms with Crippen LogP contribution in [0.5, 0.6) is 0 Å². The number of esters is 1. The monoisotopic (exact) mass is 140 g/mol. The SMILES string of the molecule is C=CCCOC(=O)C(=C)C. The van der Waals surface area contributed by atoms with Crippen molar-refractivity contribution in [3.8, 4) is 0 Å². The Morgan fingerprint density at radius 3 is 2.70 bits per heavy atom. The van der Waals surface area contributed by atoms with Gasteiger partial charge in [-0.1, -0.05) is 12.7 Å². The van der Waals surface area contributed by atoms with E-state index in [2.05, 4.69) is 13.2 Å². The summed E-state index contributed by atoms with van der Waals surface area (Å²) in [5.41, 5.74) is 0.434. The Balaban J connectivity index is 3.40. The van der Waals surface area contributed by atoms with Gasteiger partial charge in [-0.25, -0.2) is 4.79 Å². The van der Waals surface area contributed by atoms with Crippen LogP contribution in [0, 0.1) is 0 Å². The molecule has 0 heterocycles. The molecule has 0 fully saturated rings. The third-order valence-corrected chi connectivity index (χ3v) is 0.904. The molecule has 2 heteroatoms. The van der Waals surface area contributed by atoms with Gasteiger partial charge in [0.05, 0.1) is 6.61 Å². The summed E-state index contributed by atoms with van der Waals surface area (Å²) in [6.45, 7) is 8.94. The molecule has 0 saturated carbocycles. The standard InChI is InChI=1S/C8H12O2/c1-4-5-6-10-8(9)7(2)3/h4H,1-2,5-6H2,3H3. The molecule has 0 aliphatic rings. The molecule has 0 bridgehead atoms. The second-order valence-corrected chi connectivity index (χ2v) is 1.99. The van der Waals surface area contributed by atoms with E-state index in [1.165, 1.54) is 0 Å². The molecule has 56 valence electrons. The van der Waals surface area contributed by atoms with Crippen molar-refractivity contribution in [1.29, 1.82) is 0 Å². The Morgan fingerprint density at radius 2 is 2.30 bits per heavy atom. The van der Waals surface area contributed by atoms with E-state index < -0.39 is 0 Å². The van der Waals surface area contributed by atoms with Gasteiger partial charge in [-0.3, -0.25) is 0 Å². The van der Waals surface area contributed by atoms with Gasteiger partial charge in [0.15, 0.2) is 0 Å². The predicted octanol–water partition coefficient (Wildman–Crippen LogP) is 1.68. The maximum Gasteiger partial charge on any atom is 0.333 e. The van der Waals surface area contributed by atoms with Crippen molar-refractivity contribution in [2.24, 2.45) is 0 Å². The number of rotatable bonds is 4. The Kier molecular flexibility index (Phi) is 4.29. The largest absolute Gasteiger partial charge is 0.462 e. The van der Waals surface area contributed by atoms with E-state index in [-0.39, 0.29) is 5.97 Å². The summed E-state index contributed by atoms with van der Waals surface area (Å²) in [5.74, 6) is -0.332. The summed E-state index contributed by atoms with van der Waals surface area (Å²) in [6.07, 6.45) is 2.39. The maximum atomic E-state index is 10.7. The highest BCUT2D eigenvalue weighted by molar-refractivity contribution is 5.86. The molecule has 0 unspecified atom stereocenters. The fraction of sp³-hybridized carbons (Fsp3) is 0.375. The quantitative estimate of drug-likeness (QED) is 0.257. The second kappa shape index (κ2) is 4.79. The van der Waals surface area contributed by atoms with Crippen molar-refractivity contribution in [2.45, 2.75) is 13.3 Å². The number of ether oxygens (including phenoxy) is 1. The minimum Gasteiger partial charge on any atom is -0.462 e. The van der Waals surface area contributed by atoms with Crippen LogP contribution in [0.2, 0.25) is 0 Å². The molecule has 0 rings (SSSR count). The van der Waals surface area contributed by atoms with Gasteiger partial charge < -0.3 is 4.74 Å². The normalized spacial score (nSPS) is 8.50. The zero-order valence-corrected chi connectivity index (χ0v) is 6.22. The van der Waals surface area contributed by atoms with Gasteiger partial charge in [0.25, 0.3) is 0 Å². The first-order chi connectivity index (χ1) is 4.68. The topological polar surface area (TPSA) is 26.3 Å². The number of carbonyl (C=O) groups excluding carboxylic acids is 1. The van der Waals surface area contributed by atoms with Crippen LogP contribution in [-0.4, -0.2) is 12.6 Å². The van der Waals surface area contributed by atoms with Crippen molar-refractivity contribution < 1.29 is 9.53 Å². The van der Waals surface area contributed by atoms with Crippen molar-refractivity contribution in [3.63, 3.8) is 0 Å². The van der Waals surface area contributed by atoms with Gasteiger partial charge in [0.1, 0.15) is 0 Å². The van der Waals surface area contributed by atoms with E-state index >= 15 is 0 Å². The lowest BCUT2D eigenvalue weighted by Crippen LogP contribution is -2.05. The molecule has 2 nitrogen and oxygen atoms in total. The lowest BCUT2D eigenvalue weighted by molar-refractivity contribution is -0.138. The molecule has 0 aliphatic carbocycles. The van der Waals surface area contributed by atoms with Gasteiger partial charge in [0.2, 0.25) is 0 Å². The summed E-state index contributed by atoms with van der Waals surface area (Å²) in [5, 5.41) is 0. The van der Waals surface area contributed by atoms with Gasteiger partial charge in [-0.2, -0.15) is 0 Å². The molecule has 0 atom stereocenters. The summed E-state index contributed by atoms with van der Waals surface area (Å²) in [6, 6.07) is 0. The van der Waals surface area contributed by atoms with Crippen LogP contribution in [0.4, 0.5) is 0 Å². The minimum absolute atomic E-state index is 0.332. The van der Waals surface area contributed by atoms with Crippen LogP contribution in [-0.2, 0) is 9.53 Å². The van der Waals surface area contributed by atoms with E-state index in [9.17, 15) is 4.79 Å². The number of carbonyl (C=O) groups is 1. The molecule has 0 N–H and O–H groups in total. The number of hydrogen-bond acceptors (Lipinski definition) is 2. The van der Waals surface area contributed by atoms with E-state index in [4.69, 9.17) is 4.74 Å². The number of hydrogen-bond donors (Lipinski definition) is 0. The third-order valence-electron chi connectivity index (χ3n) is 0.904.